The highest BCUT2D eigenvalue weighted by molar-refractivity contribution is 5.74. The molecule has 0 heteroatoms. The first-order valence-electron chi connectivity index (χ1n) is 12.9. The van der Waals surface area contributed by atoms with E-state index in [2.05, 4.69) is 124 Å². The summed E-state index contributed by atoms with van der Waals surface area (Å²) in [5.41, 5.74) is 11.2. The fraction of sp³-hybridized carbons (Fsp3) is 0.471. The lowest BCUT2D eigenvalue weighted by molar-refractivity contribution is 0.564. The molecule has 0 nitrogen and oxygen atoms in total. The van der Waals surface area contributed by atoms with Crippen LogP contribution in [0.5, 0.6) is 0 Å². The van der Waals surface area contributed by atoms with Crippen molar-refractivity contribution in [2.45, 2.75) is 98.8 Å². The molecular weight excluding hydrogens is 408 g/mol. The summed E-state index contributed by atoms with van der Waals surface area (Å²) in [6.07, 6.45) is 9.25. The summed E-state index contributed by atoms with van der Waals surface area (Å²) in [5.74, 6) is 0.909. The number of rotatable bonds is 6. The van der Waals surface area contributed by atoms with E-state index in [0.717, 1.165) is 12.3 Å². The summed E-state index contributed by atoms with van der Waals surface area (Å²) in [7, 11) is 0. The number of benzene rings is 2. The first-order chi connectivity index (χ1) is 15.7. The van der Waals surface area contributed by atoms with E-state index in [1.165, 1.54) is 63.8 Å². The van der Waals surface area contributed by atoms with Gasteiger partial charge in [-0.1, -0.05) is 109 Å². The molecule has 1 saturated carbocycles. The van der Waals surface area contributed by atoms with E-state index in [9.17, 15) is 0 Å². The van der Waals surface area contributed by atoms with E-state index in [0.29, 0.717) is 0 Å². The molecule has 1 fully saturated rings. The minimum Gasteiger partial charge on any atom is -0.0998 e. The van der Waals surface area contributed by atoms with Crippen molar-refractivity contribution >= 4 is 11.6 Å². The number of hydrogen-bond donors (Lipinski definition) is 0. The fourth-order valence-corrected chi connectivity index (χ4v) is 4.38. The van der Waals surface area contributed by atoms with Gasteiger partial charge in [0, 0.05) is 0 Å². The monoisotopic (exact) mass is 456 g/mol. The van der Waals surface area contributed by atoms with Crippen LogP contribution in [0.3, 0.4) is 0 Å². The Bertz CT molecular complexity index is 1030. The van der Waals surface area contributed by atoms with Crippen molar-refractivity contribution in [2.24, 2.45) is 5.92 Å². The van der Waals surface area contributed by atoms with E-state index >= 15 is 0 Å². The molecule has 0 heterocycles. The van der Waals surface area contributed by atoms with Crippen molar-refractivity contribution in [3.63, 3.8) is 0 Å². The molecule has 1 aliphatic carbocycles. The summed E-state index contributed by atoms with van der Waals surface area (Å²) in [4.78, 5) is 0. The first-order valence-corrected chi connectivity index (χ1v) is 12.9. The maximum atomic E-state index is 4.26. The molecule has 2 aromatic carbocycles. The SMILES string of the molecule is C=C(C)Cc1ccc(C(C)(C)C)cc1C(C)(C)C.C=C(CC1CC1)c1cccc(C)c1/C=C\C. The Labute approximate surface area is 210 Å². The smallest absolute Gasteiger partial charge is 0.00696 e. The molecule has 0 aromatic heterocycles. The van der Waals surface area contributed by atoms with Crippen LogP contribution in [0.1, 0.15) is 108 Å². The second-order valence-electron chi connectivity index (χ2n) is 12.3. The van der Waals surface area contributed by atoms with Crippen molar-refractivity contribution in [2.75, 3.05) is 0 Å². The molecule has 0 radical (unpaired) electrons. The summed E-state index contributed by atoms with van der Waals surface area (Å²) in [5, 5.41) is 0. The van der Waals surface area contributed by atoms with Gasteiger partial charge >= 0.3 is 0 Å². The van der Waals surface area contributed by atoms with Gasteiger partial charge < -0.3 is 0 Å². The topological polar surface area (TPSA) is 0 Å². The lowest BCUT2D eigenvalue weighted by atomic mass is 9.77. The zero-order valence-corrected chi connectivity index (χ0v) is 23.4. The van der Waals surface area contributed by atoms with Crippen molar-refractivity contribution in [1.29, 1.82) is 0 Å². The highest BCUT2D eigenvalue weighted by atomic mass is 14.3. The Morgan fingerprint density at radius 1 is 0.971 bits per heavy atom. The fourth-order valence-electron chi connectivity index (χ4n) is 4.38. The van der Waals surface area contributed by atoms with E-state index in [-0.39, 0.29) is 10.8 Å². The van der Waals surface area contributed by atoms with Gasteiger partial charge in [-0.2, -0.15) is 0 Å². The average Bonchev–Trinajstić information content (AvgIpc) is 3.52. The van der Waals surface area contributed by atoms with E-state index < -0.39 is 0 Å². The Hall–Kier alpha value is -2.34. The van der Waals surface area contributed by atoms with Gasteiger partial charge in [0.2, 0.25) is 0 Å². The number of hydrogen-bond acceptors (Lipinski definition) is 0. The zero-order valence-electron chi connectivity index (χ0n) is 23.4. The lowest BCUT2D eigenvalue weighted by Gasteiger charge is -2.27. The van der Waals surface area contributed by atoms with Gasteiger partial charge in [0.15, 0.2) is 0 Å². The molecule has 0 atom stereocenters. The number of aryl methyl sites for hydroxylation is 1. The highest BCUT2D eigenvalue weighted by Gasteiger charge is 2.23. The highest BCUT2D eigenvalue weighted by Crippen LogP contribution is 2.38. The third kappa shape index (κ3) is 8.15. The van der Waals surface area contributed by atoms with Crippen LogP contribution in [-0.4, -0.2) is 0 Å². The summed E-state index contributed by atoms with van der Waals surface area (Å²) >= 11 is 0. The summed E-state index contributed by atoms with van der Waals surface area (Å²) in [6.45, 7) is 28.3. The van der Waals surface area contributed by atoms with Crippen LogP contribution >= 0.6 is 0 Å². The Morgan fingerprint density at radius 2 is 1.62 bits per heavy atom. The van der Waals surface area contributed by atoms with E-state index in [1.54, 1.807) is 0 Å². The molecule has 0 aliphatic heterocycles. The van der Waals surface area contributed by atoms with Gasteiger partial charge in [-0.05, 0) is 102 Å². The minimum atomic E-state index is 0.187. The quantitative estimate of drug-likeness (QED) is 0.379. The van der Waals surface area contributed by atoms with Crippen LogP contribution in [0.4, 0.5) is 0 Å². The summed E-state index contributed by atoms with van der Waals surface area (Å²) < 4.78 is 0. The Balaban J connectivity index is 0.000000241. The molecular formula is C34H48. The molecule has 0 saturated heterocycles. The zero-order chi connectivity index (χ0) is 25.7. The first kappa shape index (κ1) is 27.9. The standard InChI is InChI=1S/C18H28.C16H20/c1-13(2)11-14-9-10-15(17(3,4)5)12-16(14)18(6,7)8;1-4-6-15-12(2)7-5-8-16(15)13(3)11-14-9-10-14/h9-10,12H,1,11H2,2-8H3;4-8,14H,3,9-11H2,1-2H3/b;6-4-. The molecule has 0 unspecified atom stereocenters. The predicted octanol–water partition coefficient (Wildman–Crippen LogP) is 10.2. The molecule has 0 N–H and O–H groups in total. The largest absolute Gasteiger partial charge is 0.0998 e. The molecule has 34 heavy (non-hydrogen) atoms. The maximum Gasteiger partial charge on any atom is -0.00696 e. The van der Waals surface area contributed by atoms with Crippen LogP contribution in [0.25, 0.3) is 11.6 Å². The van der Waals surface area contributed by atoms with Crippen molar-refractivity contribution in [3.8, 4) is 0 Å². The molecule has 2 aromatic rings. The molecule has 0 amide bonds. The summed E-state index contributed by atoms with van der Waals surface area (Å²) in [6, 6.07) is 13.5. The lowest BCUT2D eigenvalue weighted by Crippen LogP contribution is -2.18. The van der Waals surface area contributed by atoms with Gasteiger partial charge in [0.1, 0.15) is 0 Å². The maximum absolute atomic E-state index is 4.26. The number of allylic oxidation sites excluding steroid dienone is 3. The van der Waals surface area contributed by atoms with Crippen molar-refractivity contribution in [1.82, 2.24) is 0 Å². The van der Waals surface area contributed by atoms with Crippen LogP contribution in [-0.2, 0) is 17.3 Å². The average molecular weight is 457 g/mol. The molecule has 3 rings (SSSR count). The van der Waals surface area contributed by atoms with Gasteiger partial charge in [0.05, 0.1) is 0 Å². The second kappa shape index (κ2) is 11.4. The van der Waals surface area contributed by atoms with Gasteiger partial charge in [-0.3, -0.25) is 0 Å². The second-order valence-corrected chi connectivity index (χ2v) is 12.3. The van der Waals surface area contributed by atoms with E-state index in [4.69, 9.17) is 0 Å². The van der Waals surface area contributed by atoms with Gasteiger partial charge in [-0.25, -0.2) is 0 Å². The molecule has 1 aliphatic rings. The Kier molecular flexibility index (Phi) is 9.35. The van der Waals surface area contributed by atoms with Crippen molar-refractivity contribution in [3.05, 3.63) is 94.6 Å². The molecule has 0 bridgehead atoms. The predicted molar refractivity (Wildman–Crippen MR) is 155 cm³/mol. The third-order valence-corrected chi connectivity index (χ3v) is 6.55. The molecule has 0 spiro atoms. The minimum absolute atomic E-state index is 0.187. The van der Waals surface area contributed by atoms with Crippen LogP contribution < -0.4 is 0 Å². The normalized spacial score (nSPS) is 14.0. The van der Waals surface area contributed by atoms with Crippen LogP contribution in [0.15, 0.2) is 61.2 Å². The van der Waals surface area contributed by atoms with Crippen LogP contribution in [0, 0.1) is 12.8 Å². The third-order valence-electron chi connectivity index (χ3n) is 6.55. The van der Waals surface area contributed by atoms with Gasteiger partial charge in [-0.15, -0.1) is 0 Å². The van der Waals surface area contributed by atoms with Crippen LogP contribution in [0.2, 0.25) is 0 Å². The molecule has 184 valence electrons. The Morgan fingerprint density at radius 3 is 2.12 bits per heavy atom. The van der Waals surface area contributed by atoms with Gasteiger partial charge in [0.25, 0.3) is 0 Å². The van der Waals surface area contributed by atoms with E-state index in [1.807, 2.05) is 0 Å². The van der Waals surface area contributed by atoms with Crippen molar-refractivity contribution < 1.29 is 0 Å².